The Bertz CT molecular complexity index is 98.6. The molecule has 0 aliphatic heterocycles. The number of carbonyl (C=O) groups is 1. The predicted molar refractivity (Wildman–Crippen MR) is 31.2 cm³/mol. The van der Waals surface area contributed by atoms with Crippen molar-refractivity contribution in [2.75, 3.05) is 6.61 Å². The summed E-state index contributed by atoms with van der Waals surface area (Å²) in [7, 11) is 0. The summed E-state index contributed by atoms with van der Waals surface area (Å²) in [5.74, 6) is 0. The Balaban J connectivity index is 3.33. The van der Waals surface area contributed by atoms with Crippen LogP contribution in [-0.4, -0.2) is 18.9 Å². The maximum atomic E-state index is 10.2. The Hall–Kier alpha value is -0.860. The molecule has 3 nitrogen and oxygen atoms in total. The fraction of sp³-hybridized carbons (Fsp3) is 0.600. The van der Waals surface area contributed by atoms with E-state index < -0.39 is 6.09 Å². The Labute approximate surface area is 48.4 Å². The molecule has 0 aromatic rings. The third kappa shape index (κ3) is 3.33. The lowest BCUT2D eigenvalue weighted by molar-refractivity contribution is 0.163. The van der Waals surface area contributed by atoms with Crippen molar-refractivity contribution in [3.05, 3.63) is 0 Å². The van der Waals surface area contributed by atoms with Gasteiger partial charge in [-0.3, -0.25) is 0 Å². The highest BCUT2D eigenvalue weighted by atomic mass is 16.5. The van der Waals surface area contributed by atoms with Gasteiger partial charge in [0.25, 0.3) is 0 Å². The molecule has 0 aromatic carbocycles. The summed E-state index contributed by atoms with van der Waals surface area (Å²) in [5.41, 5.74) is 0. The second-order valence-corrected chi connectivity index (χ2v) is 1.09. The van der Waals surface area contributed by atoms with Crippen LogP contribution in [-0.2, 0) is 4.74 Å². The van der Waals surface area contributed by atoms with Crippen molar-refractivity contribution < 1.29 is 9.53 Å². The Morgan fingerprint density at radius 1 is 1.88 bits per heavy atom. The van der Waals surface area contributed by atoms with Gasteiger partial charge in [0.1, 0.15) is 0 Å². The number of ether oxygens (including phenoxy) is 1. The molecular formula is C5H9NO2. The topological polar surface area (TPSA) is 38.7 Å². The minimum absolute atomic E-state index is 0.385. The molecule has 0 saturated heterocycles. The van der Waals surface area contributed by atoms with Gasteiger partial charge in [-0.05, 0) is 13.8 Å². The van der Waals surface area contributed by atoms with Crippen molar-refractivity contribution in [1.29, 1.82) is 0 Å². The molecule has 0 rings (SSSR count). The smallest absolute Gasteiger partial charge is 0.433 e. The minimum Gasteiger partial charge on any atom is -0.448 e. The molecule has 0 saturated carbocycles. The summed E-state index contributed by atoms with van der Waals surface area (Å²) in [6.45, 7) is 3.79. The molecule has 0 aromatic heterocycles. The number of carbonyl (C=O) groups excluding carboxylic acids is 1. The van der Waals surface area contributed by atoms with Crippen LogP contribution in [0.2, 0.25) is 0 Å². The summed E-state index contributed by atoms with van der Waals surface area (Å²) in [6, 6.07) is 0. The van der Waals surface area contributed by atoms with Crippen molar-refractivity contribution in [3.8, 4) is 0 Å². The second-order valence-electron chi connectivity index (χ2n) is 1.09. The fourth-order valence-corrected chi connectivity index (χ4v) is 0.266. The van der Waals surface area contributed by atoms with Gasteiger partial charge in [0, 0.05) is 6.21 Å². The van der Waals surface area contributed by atoms with E-state index in [9.17, 15) is 4.79 Å². The number of hydrogen-bond acceptors (Lipinski definition) is 2. The summed E-state index contributed by atoms with van der Waals surface area (Å²) in [6.07, 6.45) is 0.882. The van der Waals surface area contributed by atoms with E-state index in [2.05, 4.69) is 9.73 Å². The lowest BCUT2D eigenvalue weighted by Gasteiger charge is -1.90. The quantitative estimate of drug-likeness (QED) is 0.482. The molecule has 0 aliphatic rings. The highest BCUT2D eigenvalue weighted by Gasteiger charge is 1.90. The molecule has 46 valence electrons. The average Bonchev–Trinajstić information content (AvgIpc) is 1.68. The van der Waals surface area contributed by atoms with E-state index in [0.717, 1.165) is 0 Å². The van der Waals surface area contributed by atoms with E-state index in [1.165, 1.54) is 6.21 Å². The van der Waals surface area contributed by atoms with E-state index in [1.807, 2.05) is 0 Å². The number of aliphatic imine (C=N–C) groups is 1. The lowest BCUT2D eigenvalue weighted by Crippen LogP contribution is -1.96. The molecule has 0 bridgehead atoms. The van der Waals surface area contributed by atoms with Crippen LogP contribution in [0.5, 0.6) is 0 Å². The van der Waals surface area contributed by atoms with Crippen molar-refractivity contribution >= 4 is 12.3 Å². The van der Waals surface area contributed by atoms with Gasteiger partial charge in [-0.2, -0.15) is 4.99 Å². The predicted octanol–water partition coefficient (Wildman–Crippen LogP) is 1.23. The van der Waals surface area contributed by atoms with Gasteiger partial charge in [0.15, 0.2) is 0 Å². The van der Waals surface area contributed by atoms with E-state index in [0.29, 0.717) is 6.61 Å². The highest BCUT2D eigenvalue weighted by Crippen LogP contribution is 1.79. The number of nitrogens with zero attached hydrogens (tertiary/aromatic N) is 1. The van der Waals surface area contributed by atoms with Crippen LogP contribution in [0.3, 0.4) is 0 Å². The SMILES string of the molecule is CC=NC(=O)OCC. The Morgan fingerprint density at radius 2 is 2.50 bits per heavy atom. The van der Waals surface area contributed by atoms with Crippen molar-refractivity contribution in [2.45, 2.75) is 13.8 Å². The standard InChI is InChI=1S/C5H9NO2/c1-3-6-5(7)8-4-2/h3H,4H2,1-2H3. The van der Waals surface area contributed by atoms with Gasteiger partial charge in [-0.15, -0.1) is 0 Å². The lowest BCUT2D eigenvalue weighted by atomic mass is 10.8. The van der Waals surface area contributed by atoms with Gasteiger partial charge in [-0.25, -0.2) is 4.79 Å². The Kier molecular flexibility index (Phi) is 3.84. The van der Waals surface area contributed by atoms with E-state index in [1.54, 1.807) is 13.8 Å². The first kappa shape index (κ1) is 7.14. The van der Waals surface area contributed by atoms with Crippen molar-refractivity contribution in [2.24, 2.45) is 4.99 Å². The molecule has 0 atom stereocenters. The average molecular weight is 115 g/mol. The molecule has 0 fully saturated rings. The van der Waals surface area contributed by atoms with E-state index in [-0.39, 0.29) is 0 Å². The number of amides is 1. The Morgan fingerprint density at radius 3 is 2.88 bits per heavy atom. The second kappa shape index (κ2) is 4.30. The molecule has 3 heteroatoms. The van der Waals surface area contributed by atoms with Gasteiger partial charge < -0.3 is 4.74 Å². The van der Waals surface area contributed by atoms with Crippen LogP contribution in [0, 0.1) is 0 Å². The van der Waals surface area contributed by atoms with E-state index in [4.69, 9.17) is 0 Å². The first-order valence-corrected chi connectivity index (χ1v) is 2.46. The third-order valence-electron chi connectivity index (χ3n) is 0.502. The third-order valence-corrected chi connectivity index (χ3v) is 0.502. The fourth-order valence-electron chi connectivity index (χ4n) is 0.266. The monoisotopic (exact) mass is 115 g/mol. The van der Waals surface area contributed by atoms with Crippen molar-refractivity contribution in [3.63, 3.8) is 0 Å². The zero-order chi connectivity index (χ0) is 6.41. The molecule has 0 unspecified atom stereocenters. The maximum absolute atomic E-state index is 10.2. The van der Waals surface area contributed by atoms with Gasteiger partial charge in [-0.1, -0.05) is 0 Å². The molecule has 8 heavy (non-hydrogen) atoms. The summed E-state index contributed by atoms with van der Waals surface area (Å²) in [4.78, 5) is 13.6. The molecule has 1 amide bonds. The normalized spacial score (nSPS) is 9.75. The van der Waals surface area contributed by atoms with Crippen LogP contribution < -0.4 is 0 Å². The van der Waals surface area contributed by atoms with Crippen LogP contribution in [0.15, 0.2) is 4.99 Å². The van der Waals surface area contributed by atoms with Crippen LogP contribution in [0.4, 0.5) is 4.79 Å². The minimum atomic E-state index is -0.519. The first-order valence-electron chi connectivity index (χ1n) is 2.46. The summed E-state index contributed by atoms with van der Waals surface area (Å²) < 4.78 is 4.45. The van der Waals surface area contributed by atoms with Crippen molar-refractivity contribution in [1.82, 2.24) is 0 Å². The van der Waals surface area contributed by atoms with Gasteiger partial charge in [0.05, 0.1) is 6.61 Å². The highest BCUT2D eigenvalue weighted by molar-refractivity contribution is 5.78. The maximum Gasteiger partial charge on any atom is 0.433 e. The largest absolute Gasteiger partial charge is 0.448 e. The molecule has 0 radical (unpaired) electrons. The summed E-state index contributed by atoms with van der Waals surface area (Å²) >= 11 is 0. The van der Waals surface area contributed by atoms with Gasteiger partial charge in [0.2, 0.25) is 0 Å². The number of hydrogen-bond donors (Lipinski definition) is 0. The van der Waals surface area contributed by atoms with Crippen LogP contribution in [0.25, 0.3) is 0 Å². The van der Waals surface area contributed by atoms with Crippen LogP contribution >= 0.6 is 0 Å². The van der Waals surface area contributed by atoms with E-state index >= 15 is 0 Å². The van der Waals surface area contributed by atoms with Gasteiger partial charge >= 0.3 is 6.09 Å². The first-order chi connectivity index (χ1) is 3.81. The zero-order valence-electron chi connectivity index (χ0n) is 5.05. The molecule has 0 heterocycles. The summed E-state index contributed by atoms with van der Waals surface area (Å²) in [5, 5.41) is 0. The number of rotatable bonds is 1. The zero-order valence-corrected chi connectivity index (χ0v) is 5.05. The molecular weight excluding hydrogens is 106 g/mol. The molecule has 0 spiro atoms. The molecule has 0 N–H and O–H groups in total. The molecule has 0 aliphatic carbocycles. The van der Waals surface area contributed by atoms with Crippen LogP contribution in [0.1, 0.15) is 13.8 Å².